The van der Waals surface area contributed by atoms with Crippen molar-refractivity contribution in [1.82, 2.24) is 4.90 Å². The molecule has 1 rings (SSSR count). The van der Waals surface area contributed by atoms with Crippen LogP contribution in [0.1, 0.15) is 39.5 Å². The molecule has 0 radical (unpaired) electrons. The summed E-state index contributed by atoms with van der Waals surface area (Å²) in [7, 11) is 1.84. The standard InChI is InChI=1S/C14H27NO3/c1-14(2)7-5-4-6-12(14)13(17)15(3)8-10-18-11-9-16/h12,16H,4-11H2,1-3H3. The predicted molar refractivity (Wildman–Crippen MR) is 71.3 cm³/mol. The third kappa shape index (κ3) is 4.25. The second kappa shape index (κ2) is 7.10. The van der Waals surface area contributed by atoms with E-state index < -0.39 is 0 Å². The highest BCUT2D eigenvalue weighted by Gasteiger charge is 2.38. The Morgan fingerprint density at radius 3 is 2.72 bits per heavy atom. The van der Waals surface area contributed by atoms with Gasteiger partial charge in [0, 0.05) is 19.5 Å². The molecule has 0 bridgehead atoms. The minimum atomic E-state index is 0.0350. The first-order valence-corrected chi connectivity index (χ1v) is 6.92. The van der Waals surface area contributed by atoms with E-state index in [4.69, 9.17) is 9.84 Å². The monoisotopic (exact) mass is 257 g/mol. The van der Waals surface area contributed by atoms with Gasteiger partial charge in [-0.15, -0.1) is 0 Å². The van der Waals surface area contributed by atoms with E-state index >= 15 is 0 Å². The van der Waals surface area contributed by atoms with Crippen molar-refractivity contribution >= 4 is 5.91 Å². The average Bonchev–Trinajstić information content (AvgIpc) is 2.33. The zero-order chi connectivity index (χ0) is 13.6. The van der Waals surface area contributed by atoms with Crippen molar-refractivity contribution in [1.29, 1.82) is 0 Å². The first kappa shape index (κ1) is 15.4. The maximum absolute atomic E-state index is 12.4. The number of rotatable bonds is 6. The topological polar surface area (TPSA) is 49.8 Å². The molecule has 1 saturated carbocycles. The average molecular weight is 257 g/mol. The molecule has 1 aliphatic carbocycles. The number of carbonyl (C=O) groups excluding carboxylic acids is 1. The Labute approximate surface area is 110 Å². The molecular weight excluding hydrogens is 230 g/mol. The van der Waals surface area contributed by atoms with E-state index in [1.807, 2.05) is 7.05 Å². The van der Waals surface area contributed by atoms with Crippen LogP contribution in [0.4, 0.5) is 0 Å². The van der Waals surface area contributed by atoms with Crippen LogP contribution in [-0.2, 0) is 9.53 Å². The molecule has 1 amide bonds. The first-order chi connectivity index (χ1) is 8.49. The van der Waals surface area contributed by atoms with Gasteiger partial charge in [-0.2, -0.15) is 0 Å². The van der Waals surface area contributed by atoms with Crippen molar-refractivity contribution in [3.05, 3.63) is 0 Å². The summed E-state index contributed by atoms with van der Waals surface area (Å²) in [5, 5.41) is 8.61. The molecule has 106 valence electrons. The van der Waals surface area contributed by atoms with Crippen LogP contribution in [0.5, 0.6) is 0 Å². The molecule has 0 saturated heterocycles. The summed E-state index contributed by atoms with van der Waals surface area (Å²) >= 11 is 0. The van der Waals surface area contributed by atoms with Crippen molar-refractivity contribution in [3.63, 3.8) is 0 Å². The van der Waals surface area contributed by atoms with Gasteiger partial charge < -0.3 is 14.7 Å². The summed E-state index contributed by atoms with van der Waals surface area (Å²) in [4.78, 5) is 14.2. The van der Waals surface area contributed by atoms with Gasteiger partial charge in [-0.3, -0.25) is 4.79 Å². The number of hydrogen-bond acceptors (Lipinski definition) is 3. The molecule has 0 aromatic rings. The van der Waals surface area contributed by atoms with Crippen LogP contribution in [0.15, 0.2) is 0 Å². The van der Waals surface area contributed by atoms with Crippen LogP contribution >= 0.6 is 0 Å². The molecule has 1 fully saturated rings. The van der Waals surface area contributed by atoms with Crippen molar-refractivity contribution in [2.75, 3.05) is 33.4 Å². The van der Waals surface area contributed by atoms with Gasteiger partial charge in [0.25, 0.3) is 0 Å². The third-order valence-corrected chi connectivity index (χ3v) is 3.99. The van der Waals surface area contributed by atoms with E-state index in [-0.39, 0.29) is 23.8 Å². The van der Waals surface area contributed by atoms with Gasteiger partial charge in [0.15, 0.2) is 0 Å². The molecule has 0 aromatic heterocycles. The summed E-state index contributed by atoms with van der Waals surface area (Å²) in [6.45, 7) is 5.88. The maximum atomic E-state index is 12.4. The van der Waals surface area contributed by atoms with Crippen LogP contribution in [0.25, 0.3) is 0 Å². The molecule has 1 N–H and O–H groups in total. The number of hydrogen-bond donors (Lipinski definition) is 1. The number of carbonyl (C=O) groups is 1. The Bertz CT molecular complexity index is 266. The van der Waals surface area contributed by atoms with Gasteiger partial charge in [0.1, 0.15) is 0 Å². The highest BCUT2D eigenvalue weighted by Crippen LogP contribution is 2.41. The van der Waals surface area contributed by atoms with Crippen LogP contribution in [0.2, 0.25) is 0 Å². The van der Waals surface area contributed by atoms with Gasteiger partial charge in [0.05, 0.1) is 19.8 Å². The van der Waals surface area contributed by atoms with Gasteiger partial charge in [-0.1, -0.05) is 26.7 Å². The quantitative estimate of drug-likeness (QED) is 0.736. The maximum Gasteiger partial charge on any atom is 0.226 e. The molecular formula is C14H27NO3. The number of nitrogens with zero attached hydrogens (tertiary/aromatic N) is 1. The van der Waals surface area contributed by atoms with Crippen LogP contribution in [-0.4, -0.2) is 49.3 Å². The Morgan fingerprint density at radius 1 is 1.39 bits per heavy atom. The molecule has 1 unspecified atom stereocenters. The summed E-state index contributed by atoms with van der Waals surface area (Å²) in [5.41, 5.74) is 0.121. The number of aliphatic hydroxyl groups excluding tert-OH is 1. The third-order valence-electron chi connectivity index (χ3n) is 3.99. The molecule has 4 heteroatoms. The Balaban J connectivity index is 2.42. The van der Waals surface area contributed by atoms with E-state index in [1.165, 1.54) is 6.42 Å². The Morgan fingerprint density at radius 2 is 2.11 bits per heavy atom. The lowest BCUT2D eigenvalue weighted by Crippen LogP contribution is -2.43. The fourth-order valence-corrected chi connectivity index (χ4v) is 2.70. The van der Waals surface area contributed by atoms with Crippen LogP contribution in [0, 0.1) is 11.3 Å². The highest BCUT2D eigenvalue weighted by atomic mass is 16.5. The Hall–Kier alpha value is -0.610. The van der Waals surface area contributed by atoms with E-state index in [0.29, 0.717) is 19.8 Å². The lowest BCUT2D eigenvalue weighted by molar-refractivity contribution is -0.140. The second-order valence-corrected chi connectivity index (χ2v) is 5.88. The van der Waals surface area contributed by atoms with Gasteiger partial charge in [-0.25, -0.2) is 0 Å². The zero-order valence-corrected chi connectivity index (χ0v) is 11.9. The smallest absolute Gasteiger partial charge is 0.226 e. The second-order valence-electron chi connectivity index (χ2n) is 5.88. The summed E-state index contributed by atoms with van der Waals surface area (Å²) in [5.74, 6) is 0.390. The molecule has 4 nitrogen and oxygen atoms in total. The summed E-state index contributed by atoms with van der Waals surface area (Å²) < 4.78 is 5.20. The summed E-state index contributed by atoms with van der Waals surface area (Å²) in [6.07, 6.45) is 4.54. The van der Waals surface area contributed by atoms with Crippen molar-refractivity contribution in [2.45, 2.75) is 39.5 Å². The molecule has 0 aromatic carbocycles. The normalized spacial score (nSPS) is 22.8. The SMILES string of the molecule is CN(CCOCCO)C(=O)C1CCCCC1(C)C. The molecule has 18 heavy (non-hydrogen) atoms. The fraction of sp³-hybridized carbons (Fsp3) is 0.929. The zero-order valence-electron chi connectivity index (χ0n) is 11.9. The van der Waals surface area contributed by atoms with Crippen molar-refractivity contribution < 1.29 is 14.6 Å². The van der Waals surface area contributed by atoms with E-state index in [9.17, 15) is 4.79 Å². The first-order valence-electron chi connectivity index (χ1n) is 6.92. The Kier molecular flexibility index (Phi) is 6.09. The molecule has 1 atom stereocenters. The lowest BCUT2D eigenvalue weighted by Gasteiger charge is -2.39. The largest absolute Gasteiger partial charge is 0.394 e. The number of likely N-dealkylation sites (N-methyl/N-ethyl adjacent to an activating group) is 1. The van der Waals surface area contributed by atoms with Gasteiger partial charge in [-0.05, 0) is 18.3 Å². The van der Waals surface area contributed by atoms with Crippen LogP contribution < -0.4 is 0 Å². The van der Waals surface area contributed by atoms with Gasteiger partial charge in [0.2, 0.25) is 5.91 Å². The molecule has 0 aliphatic heterocycles. The minimum absolute atomic E-state index is 0.0350. The fourth-order valence-electron chi connectivity index (χ4n) is 2.70. The number of amides is 1. The molecule has 0 spiro atoms. The van der Waals surface area contributed by atoms with E-state index in [1.54, 1.807) is 4.90 Å². The number of aliphatic hydroxyl groups is 1. The molecule has 1 aliphatic rings. The van der Waals surface area contributed by atoms with Crippen LogP contribution in [0.3, 0.4) is 0 Å². The lowest BCUT2D eigenvalue weighted by atomic mass is 9.68. The number of ether oxygens (including phenoxy) is 1. The summed E-state index contributed by atoms with van der Waals surface area (Å²) in [6, 6.07) is 0. The predicted octanol–water partition coefficient (Wildman–Crippen LogP) is 1.67. The van der Waals surface area contributed by atoms with Gasteiger partial charge >= 0.3 is 0 Å². The van der Waals surface area contributed by atoms with E-state index in [2.05, 4.69) is 13.8 Å². The van der Waals surface area contributed by atoms with Crippen molar-refractivity contribution in [2.24, 2.45) is 11.3 Å². The highest BCUT2D eigenvalue weighted by molar-refractivity contribution is 5.79. The van der Waals surface area contributed by atoms with Crippen molar-refractivity contribution in [3.8, 4) is 0 Å². The minimum Gasteiger partial charge on any atom is -0.394 e. The molecule has 0 heterocycles. The van der Waals surface area contributed by atoms with E-state index in [0.717, 1.165) is 19.3 Å².